The number of carbonyl (C=O) groups is 4. The lowest BCUT2D eigenvalue weighted by Gasteiger charge is -2.18. The van der Waals surface area contributed by atoms with E-state index in [4.69, 9.17) is 18.9 Å². The molecule has 0 heterocycles. The maximum absolute atomic E-state index is 13.0. The second-order valence-electron chi connectivity index (χ2n) is 24.5. The molecular formula is C73H136O8. The number of rotatable bonds is 66. The molecule has 0 amide bonds. The van der Waals surface area contributed by atoms with E-state index in [1.54, 1.807) is 0 Å². The summed E-state index contributed by atoms with van der Waals surface area (Å²) in [5.74, 6) is -0.923. The predicted molar refractivity (Wildman–Crippen MR) is 346 cm³/mol. The van der Waals surface area contributed by atoms with E-state index in [9.17, 15) is 19.2 Å². The van der Waals surface area contributed by atoms with E-state index in [2.05, 4.69) is 52.0 Å². The average molecular weight is 1140 g/mol. The van der Waals surface area contributed by atoms with Crippen molar-refractivity contribution in [3.8, 4) is 0 Å². The molecule has 0 radical (unpaired) electrons. The summed E-state index contributed by atoms with van der Waals surface area (Å²) >= 11 is 0. The molecule has 0 N–H and O–H groups in total. The van der Waals surface area contributed by atoms with E-state index in [1.165, 1.54) is 218 Å². The Labute approximate surface area is 503 Å². The molecule has 0 aromatic heterocycles. The summed E-state index contributed by atoms with van der Waals surface area (Å²) in [5, 5.41) is 0. The molecule has 81 heavy (non-hydrogen) atoms. The third-order valence-corrected chi connectivity index (χ3v) is 16.3. The molecule has 1 unspecified atom stereocenters. The summed E-state index contributed by atoms with van der Waals surface area (Å²) in [5.41, 5.74) is 0. The maximum Gasteiger partial charge on any atom is 0.306 e. The summed E-state index contributed by atoms with van der Waals surface area (Å²) in [6.45, 7) is 8.85. The van der Waals surface area contributed by atoms with Gasteiger partial charge in [-0.2, -0.15) is 0 Å². The molecule has 0 saturated carbocycles. The number of hydrogen-bond donors (Lipinski definition) is 0. The smallest absolute Gasteiger partial charge is 0.306 e. The van der Waals surface area contributed by atoms with Crippen LogP contribution in [0.25, 0.3) is 0 Å². The Morgan fingerprint density at radius 1 is 0.247 bits per heavy atom. The van der Waals surface area contributed by atoms with Gasteiger partial charge in [0.25, 0.3) is 0 Å². The highest BCUT2D eigenvalue weighted by molar-refractivity contribution is 5.71. The van der Waals surface area contributed by atoms with E-state index in [0.717, 1.165) is 122 Å². The molecule has 0 rings (SSSR count). The highest BCUT2D eigenvalue weighted by Gasteiger charge is 2.20. The third kappa shape index (κ3) is 63.2. The fourth-order valence-electron chi connectivity index (χ4n) is 10.9. The standard InChI is InChI=1S/C73H136O8/c1-5-9-13-17-20-23-26-29-31-34-37-40-46-51-57-63-71(75)79-67-69(66-78-70(74)62-56-50-45-39-36-33-28-25-22-19-15-11-7-3)81-73(77)65-59-53-48-43-42-44-49-55-61-68(60-54-16-12-8-4)80-72(76)64-58-52-47-41-38-35-32-30-27-24-21-18-14-10-6-2/h29-32,68-69H,5-28,33-67H2,1-4H3/b31-29-,32-30-/t68?,69-/m1/s1. The van der Waals surface area contributed by atoms with Gasteiger partial charge in [0.1, 0.15) is 19.3 Å². The summed E-state index contributed by atoms with van der Waals surface area (Å²) in [6.07, 6.45) is 73.5. The summed E-state index contributed by atoms with van der Waals surface area (Å²) in [7, 11) is 0. The van der Waals surface area contributed by atoms with Gasteiger partial charge in [-0.1, -0.05) is 290 Å². The summed E-state index contributed by atoms with van der Waals surface area (Å²) in [6, 6.07) is 0. The van der Waals surface area contributed by atoms with Gasteiger partial charge in [0.05, 0.1) is 0 Å². The molecule has 0 fully saturated rings. The minimum Gasteiger partial charge on any atom is -0.462 e. The second-order valence-corrected chi connectivity index (χ2v) is 24.5. The Morgan fingerprint density at radius 2 is 0.457 bits per heavy atom. The van der Waals surface area contributed by atoms with Gasteiger partial charge in [0, 0.05) is 25.7 Å². The molecule has 8 heteroatoms. The molecule has 0 aromatic rings. The first-order chi connectivity index (χ1) is 39.9. The van der Waals surface area contributed by atoms with E-state index in [-0.39, 0.29) is 43.2 Å². The number of allylic oxidation sites excluding steroid dienone is 4. The van der Waals surface area contributed by atoms with E-state index in [0.29, 0.717) is 25.7 Å². The molecule has 0 saturated heterocycles. The van der Waals surface area contributed by atoms with Crippen molar-refractivity contribution in [2.24, 2.45) is 0 Å². The van der Waals surface area contributed by atoms with Crippen LogP contribution in [0, 0.1) is 0 Å². The Kier molecular flexibility index (Phi) is 64.3. The molecular weight excluding hydrogens is 1000 g/mol. The van der Waals surface area contributed by atoms with Crippen molar-refractivity contribution in [3.05, 3.63) is 24.3 Å². The lowest BCUT2D eigenvalue weighted by atomic mass is 10.0. The number of carbonyl (C=O) groups excluding carboxylic acids is 4. The van der Waals surface area contributed by atoms with Crippen molar-refractivity contribution >= 4 is 23.9 Å². The number of ether oxygens (including phenoxy) is 4. The molecule has 0 aromatic carbocycles. The van der Waals surface area contributed by atoms with Gasteiger partial charge < -0.3 is 18.9 Å². The van der Waals surface area contributed by atoms with Crippen LogP contribution in [-0.2, 0) is 38.1 Å². The molecule has 0 aliphatic rings. The number of esters is 4. The van der Waals surface area contributed by atoms with Crippen molar-refractivity contribution in [3.63, 3.8) is 0 Å². The lowest BCUT2D eigenvalue weighted by Crippen LogP contribution is -2.30. The van der Waals surface area contributed by atoms with Crippen molar-refractivity contribution in [2.75, 3.05) is 13.2 Å². The molecule has 0 aliphatic heterocycles. The zero-order valence-electron chi connectivity index (χ0n) is 54.4. The Balaban J connectivity index is 4.57. The van der Waals surface area contributed by atoms with Crippen LogP contribution in [0.3, 0.4) is 0 Å². The van der Waals surface area contributed by atoms with Crippen LogP contribution >= 0.6 is 0 Å². The van der Waals surface area contributed by atoms with Crippen molar-refractivity contribution in [1.29, 1.82) is 0 Å². The van der Waals surface area contributed by atoms with E-state index < -0.39 is 6.10 Å². The SMILES string of the molecule is CCCCCCCC/C=C\CCCCCCCC(=O)OC[C@@H](COC(=O)CCCCCCCCCCCCCCC)OC(=O)CCCCCCCCCCC(CCCCCC)OC(=O)CCCCCCC/C=C\CCCCCCCC. The molecule has 0 aliphatic carbocycles. The normalized spacial score (nSPS) is 12.4. The number of hydrogen-bond acceptors (Lipinski definition) is 8. The second kappa shape index (κ2) is 66.5. The fraction of sp³-hybridized carbons (Fsp3) is 0.890. The van der Waals surface area contributed by atoms with E-state index >= 15 is 0 Å². The number of unbranched alkanes of at least 4 members (excludes halogenated alkanes) is 44. The summed E-state index contributed by atoms with van der Waals surface area (Å²) in [4.78, 5) is 51.4. The van der Waals surface area contributed by atoms with Crippen LogP contribution in [0.1, 0.15) is 394 Å². The van der Waals surface area contributed by atoms with Crippen LogP contribution in [-0.4, -0.2) is 49.3 Å². The van der Waals surface area contributed by atoms with Crippen LogP contribution in [0.4, 0.5) is 0 Å². The monoisotopic (exact) mass is 1140 g/mol. The average Bonchev–Trinajstić information content (AvgIpc) is 3.46. The van der Waals surface area contributed by atoms with Crippen LogP contribution in [0.5, 0.6) is 0 Å². The minimum atomic E-state index is -0.803. The maximum atomic E-state index is 13.0. The van der Waals surface area contributed by atoms with Gasteiger partial charge in [-0.05, 0) is 103 Å². The van der Waals surface area contributed by atoms with Crippen LogP contribution < -0.4 is 0 Å². The minimum absolute atomic E-state index is 0.00546. The van der Waals surface area contributed by atoms with Gasteiger partial charge in [-0.15, -0.1) is 0 Å². The zero-order valence-corrected chi connectivity index (χ0v) is 54.4. The first-order valence-corrected chi connectivity index (χ1v) is 35.9. The van der Waals surface area contributed by atoms with Crippen molar-refractivity contribution in [2.45, 2.75) is 406 Å². The van der Waals surface area contributed by atoms with Crippen LogP contribution in [0.2, 0.25) is 0 Å². The van der Waals surface area contributed by atoms with Gasteiger partial charge in [-0.25, -0.2) is 0 Å². The van der Waals surface area contributed by atoms with Gasteiger partial charge in [0.15, 0.2) is 6.10 Å². The highest BCUT2D eigenvalue weighted by Crippen LogP contribution is 2.20. The topological polar surface area (TPSA) is 105 Å². The predicted octanol–water partition coefficient (Wildman–Crippen LogP) is 23.3. The summed E-state index contributed by atoms with van der Waals surface area (Å²) < 4.78 is 23.1. The van der Waals surface area contributed by atoms with Gasteiger partial charge in [0.2, 0.25) is 0 Å². The van der Waals surface area contributed by atoms with Gasteiger partial charge in [-0.3, -0.25) is 19.2 Å². The zero-order chi connectivity index (χ0) is 58.8. The lowest BCUT2D eigenvalue weighted by molar-refractivity contribution is -0.167. The van der Waals surface area contributed by atoms with Crippen molar-refractivity contribution in [1.82, 2.24) is 0 Å². The largest absolute Gasteiger partial charge is 0.462 e. The Morgan fingerprint density at radius 3 is 0.741 bits per heavy atom. The first kappa shape index (κ1) is 78.4. The van der Waals surface area contributed by atoms with Crippen molar-refractivity contribution < 1.29 is 38.1 Å². The Hall–Kier alpha value is -2.64. The third-order valence-electron chi connectivity index (χ3n) is 16.3. The molecule has 0 spiro atoms. The molecule has 476 valence electrons. The molecule has 2 atom stereocenters. The molecule has 0 bridgehead atoms. The van der Waals surface area contributed by atoms with E-state index in [1.807, 2.05) is 0 Å². The van der Waals surface area contributed by atoms with Crippen LogP contribution in [0.15, 0.2) is 24.3 Å². The Bertz CT molecular complexity index is 1390. The quantitative estimate of drug-likeness (QED) is 0.0257. The van der Waals surface area contributed by atoms with Gasteiger partial charge >= 0.3 is 23.9 Å². The fourth-order valence-corrected chi connectivity index (χ4v) is 10.9. The highest BCUT2D eigenvalue weighted by atomic mass is 16.6. The first-order valence-electron chi connectivity index (χ1n) is 35.9. The molecule has 8 nitrogen and oxygen atoms in total.